The van der Waals surface area contributed by atoms with Crippen molar-refractivity contribution in [3.05, 3.63) is 52.0 Å². The molecule has 0 bridgehead atoms. The number of carbonyl (C=O) groups excluding carboxylic acids is 1. The summed E-state index contributed by atoms with van der Waals surface area (Å²) >= 11 is 6.31. The lowest BCUT2D eigenvalue weighted by molar-refractivity contribution is 0.102. The molecule has 0 aliphatic heterocycles. The van der Waals surface area contributed by atoms with Crippen molar-refractivity contribution in [3.63, 3.8) is 0 Å². The number of aryl methyl sites for hydroxylation is 1. The van der Waals surface area contributed by atoms with Crippen molar-refractivity contribution in [1.29, 1.82) is 0 Å². The van der Waals surface area contributed by atoms with E-state index in [0.717, 1.165) is 29.7 Å². The molecular weight excluding hydrogens is 338 g/mol. The van der Waals surface area contributed by atoms with Crippen LogP contribution in [0.3, 0.4) is 0 Å². The SMILES string of the molecule is CCCCOc1c(Cl)cc(C(=O)Nc2cccc(C)c2C)cc1OC. The summed E-state index contributed by atoms with van der Waals surface area (Å²) in [6, 6.07) is 9.05. The van der Waals surface area contributed by atoms with Crippen molar-refractivity contribution in [3.8, 4) is 11.5 Å². The molecule has 5 heteroatoms. The monoisotopic (exact) mass is 361 g/mol. The molecule has 0 unspecified atom stereocenters. The zero-order valence-electron chi connectivity index (χ0n) is 15.1. The van der Waals surface area contributed by atoms with E-state index in [1.165, 1.54) is 7.11 Å². The highest BCUT2D eigenvalue weighted by atomic mass is 35.5. The maximum Gasteiger partial charge on any atom is 0.255 e. The minimum atomic E-state index is -0.242. The Hall–Kier alpha value is -2.20. The second-order valence-electron chi connectivity index (χ2n) is 5.89. The maximum atomic E-state index is 12.6. The first-order chi connectivity index (χ1) is 12.0. The molecule has 0 aliphatic carbocycles. The molecule has 4 nitrogen and oxygen atoms in total. The normalized spacial score (nSPS) is 10.4. The van der Waals surface area contributed by atoms with Crippen molar-refractivity contribution >= 4 is 23.2 Å². The first-order valence-corrected chi connectivity index (χ1v) is 8.73. The van der Waals surface area contributed by atoms with E-state index in [-0.39, 0.29) is 5.91 Å². The topological polar surface area (TPSA) is 47.6 Å². The molecule has 1 N–H and O–H groups in total. The Kier molecular flexibility index (Phi) is 6.71. The van der Waals surface area contributed by atoms with E-state index in [0.29, 0.717) is 28.7 Å². The molecule has 0 atom stereocenters. The minimum Gasteiger partial charge on any atom is -0.493 e. The van der Waals surface area contributed by atoms with Gasteiger partial charge in [0.2, 0.25) is 0 Å². The number of ether oxygens (including phenoxy) is 2. The number of benzene rings is 2. The van der Waals surface area contributed by atoms with Crippen LogP contribution in [0.4, 0.5) is 5.69 Å². The number of hydrogen-bond donors (Lipinski definition) is 1. The fraction of sp³-hybridized carbons (Fsp3) is 0.350. The summed E-state index contributed by atoms with van der Waals surface area (Å²) in [5, 5.41) is 3.29. The predicted octanol–water partition coefficient (Wildman–Crippen LogP) is 5.40. The minimum absolute atomic E-state index is 0.242. The predicted molar refractivity (Wildman–Crippen MR) is 102 cm³/mol. The van der Waals surface area contributed by atoms with Crippen molar-refractivity contribution < 1.29 is 14.3 Å². The van der Waals surface area contributed by atoms with Crippen molar-refractivity contribution in [2.45, 2.75) is 33.6 Å². The van der Waals surface area contributed by atoms with Gasteiger partial charge in [0, 0.05) is 11.3 Å². The van der Waals surface area contributed by atoms with Crippen LogP contribution in [0.2, 0.25) is 5.02 Å². The highest BCUT2D eigenvalue weighted by Crippen LogP contribution is 2.36. The zero-order valence-corrected chi connectivity index (χ0v) is 15.9. The average Bonchev–Trinajstić information content (AvgIpc) is 2.60. The number of amides is 1. The summed E-state index contributed by atoms with van der Waals surface area (Å²) < 4.78 is 11.0. The van der Waals surface area contributed by atoms with Crippen molar-refractivity contribution in [2.24, 2.45) is 0 Å². The number of rotatable bonds is 7. The first kappa shape index (κ1) is 19.1. The summed E-state index contributed by atoms with van der Waals surface area (Å²) in [6.45, 7) is 6.63. The lowest BCUT2D eigenvalue weighted by Gasteiger charge is -2.15. The zero-order chi connectivity index (χ0) is 18.4. The van der Waals surface area contributed by atoms with E-state index in [2.05, 4.69) is 12.2 Å². The lowest BCUT2D eigenvalue weighted by Crippen LogP contribution is -2.13. The van der Waals surface area contributed by atoms with Gasteiger partial charge in [-0.3, -0.25) is 4.79 Å². The Morgan fingerprint density at radius 2 is 2.00 bits per heavy atom. The molecule has 0 heterocycles. The molecule has 0 radical (unpaired) electrons. The molecule has 2 aromatic carbocycles. The third kappa shape index (κ3) is 4.67. The summed E-state index contributed by atoms with van der Waals surface area (Å²) in [5.74, 6) is 0.685. The third-order valence-electron chi connectivity index (χ3n) is 4.09. The Balaban J connectivity index is 2.25. The number of methoxy groups -OCH3 is 1. The number of nitrogens with one attached hydrogen (secondary N) is 1. The van der Waals surface area contributed by atoms with Crippen LogP contribution in [0, 0.1) is 13.8 Å². The smallest absolute Gasteiger partial charge is 0.255 e. The largest absolute Gasteiger partial charge is 0.493 e. The van der Waals surface area contributed by atoms with Crippen LogP contribution >= 0.6 is 11.6 Å². The molecule has 2 rings (SSSR count). The fourth-order valence-electron chi connectivity index (χ4n) is 2.39. The average molecular weight is 362 g/mol. The molecular formula is C20H24ClNO3. The van der Waals surface area contributed by atoms with Crippen LogP contribution in [0.25, 0.3) is 0 Å². The molecule has 0 fully saturated rings. The molecule has 25 heavy (non-hydrogen) atoms. The molecule has 0 aromatic heterocycles. The van der Waals surface area contributed by atoms with E-state index in [9.17, 15) is 4.79 Å². The van der Waals surface area contributed by atoms with Gasteiger partial charge in [-0.15, -0.1) is 0 Å². The first-order valence-electron chi connectivity index (χ1n) is 8.35. The van der Waals surface area contributed by atoms with E-state index < -0.39 is 0 Å². The van der Waals surface area contributed by atoms with Gasteiger partial charge in [0.25, 0.3) is 5.91 Å². The molecule has 0 spiro atoms. The number of carbonyl (C=O) groups is 1. The van der Waals surface area contributed by atoms with Crippen LogP contribution < -0.4 is 14.8 Å². The Morgan fingerprint density at radius 1 is 1.24 bits per heavy atom. The van der Waals surface area contributed by atoms with Crippen LogP contribution in [-0.4, -0.2) is 19.6 Å². The van der Waals surface area contributed by atoms with Crippen LogP contribution in [0.5, 0.6) is 11.5 Å². The van der Waals surface area contributed by atoms with Gasteiger partial charge in [0.05, 0.1) is 18.7 Å². The van der Waals surface area contributed by atoms with Crippen molar-refractivity contribution in [2.75, 3.05) is 19.0 Å². The van der Waals surface area contributed by atoms with Gasteiger partial charge in [-0.1, -0.05) is 37.1 Å². The van der Waals surface area contributed by atoms with Crippen LogP contribution in [-0.2, 0) is 0 Å². The lowest BCUT2D eigenvalue weighted by atomic mass is 10.1. The Labute approximate surface area is 154 Å². The molecule has 0 saturated carbocycles. The summed E-state index contributed by atoms with van der Waals surface area (Å²) in [5.41, 5.74) is 3.36. The maximum absolute atomic E-state index is 12.6. The van der Waals surface area contributed by atoms with E-state index in [1.807, 2.05) is 32.0 Å². The van der Waals surface area contributed by atoms with Crippen LogP contribution in [0.15, 0.2) is 30.3 Å². The number of hydrogen-bond acceptors (Lipinski definition) is 3. The van der Waals surface area contributed by atoms with E-state index in [4.69, 9.17) is 21.1 Å². The van der Waals surface area contributed by atoms with Gasteiger partial charge in [-0.05, 0) is 49.6 Å². The fourth-order valence-corrected chi connectivity index (χ4v) is 2.66. The van der Waals surface area contributed by atoms with Crippen LogP contribution in [0.1, 0.15) is 41.3 Å². The van der Waals surface area contributed by atoms with Gasteiger partial charge in [-0.25, -0.2) is 0 Å². The third-order valence-corrected chi connectivity index (χ3v) is 4.37. The second-order valence-corrected chi connectivity index (χ2v) is 6.30. The Bertz CT molecular complexity index is 759. The number of halogens is 1. The molecule has 134 valence electrons. The van der Waals surface area contributed by atoms with Gasteiger partial charge in [-0.2, -0.15) is 0 Å². The summed E-state index contributed by atoms with van der Waals surface area (Å²) in [4.78, 5) is 12.6. The molecule has 1 amide bonds. The highest BCUT2D eigenvalue weighted by Gasteiger charge is 2.16. The number of anilines is 1. The summed E-state index contributed by atoms with van der Waals surface area (Å²) in [6.07, 6.45) is 1.95. The molecule has 0 aliphatic rings. The van der Waals surface area contributed by atoms with Crippen molar-refractivity contribution in [1.82, 2.24) is 0 Å². The second kappa shape index (κ2) is 8.77. The van der Waals surface area contributed by atoms with Gasteiger partial charge in [0.1, 0.15) is 0 Å². The van der Waals surface area contributed by atoms with E-state index in [1.54, 1.807) is 12.1 Å². The highest BCUT2D eigenvalue weighted by molar-refractivity contribution is 6.32. The molecule has 2 aromatic rings. The number of unbranched alkanes of at least 4 members (excludes halogenated alkanes) is 1. The summed E-state index contributed by atoms with van der Waals surface area (Å²) in [7, 11) is 1.53. The van der Waals surface area contributed by atoms with Gasteiger partial charge >= 0.3 is 0 Å². The van der Waals surface area contributed by atoms with Gasteiger partial charge < -0.3 is 14.8 Å². The molecule has 0 saturated heterocycles. The standard InChI is InChI=1S/C20H24ClNO3/c1-5-6-10-25-19-16(21)11-15(12-18(19)24-4)20(23)22-17-9-7-8-13(2)14(17)3/h7-9,11-12H,5-6,10H2,1-4H3,(H,22,23). The van der Waals surface area contributed by atoms with Gasteiger partial charge in [0.15, 0.2) is 11.5 Å². The van der Waals surface area contributed by atoms with E-state index >= 15 is 0 Å². The Morgan fingerprint density at radius 3 is 2.68 bits per heavy atom. The quantitative estimate of drug-likeness (QED) is 0.672.